The summed E-state index contributed by atoms with van der Waals surface area (Å²) < 4.78 is 11.6. The maximum atomic E-state index is 12.1. The van der Waals surface area contributed by atoms with E-state index in [0.717, 1.165) is 3.57 Å². The SMILES string of the molecule is CC1CN(C(=O)COc2cc(C(=O)O)ccc2I)CCO1. The molecule has 1 N–H and O–H groups in total. The summed E-state index contributed by atoms with van der Waals surface area (Å²) >= 11 is 2.04. The maximum Gasteiger partial charge on any atom is 0.335 e. The highest BCUT2D eigenvalue weighted by Gasteiger charge is 2.22. The Balaban J connectivity index is 1.97. The van der Waals surface area contributed by atoms with E-state index in [1.807, 2.05) is 29.5 Å². The lowest BCUT2D eigenvalue weighted by Crippen LogP contribution is -2.46. The van der Waals surface area contributed by atoms with E-state index in [1.165, 1.54) is 12.1 Å². The lowest BCUT2D eigenvalue weighted by Gasteiger charge is -2.31. The second-order valence-electron chi connectivity index (χ2n) is 4.76. The van der Waals surface area contributed by atoms with Crippen molar-refractivity contribution >= 4 is 34.5 Å². The van der Waals surface area contributed by atoms with Crippen LogP contribution < -0.4 is 4.74 Å². The Labute approximate surface area is 136 Å². The fourth-order valence-corrected chi connectivity index (χ4v) is 2.51. The minimum Gasteiger partial charge on any atom is -0.483 e. The Hall–Kier alpha value is -1.35. The first-order valence-electron chi connectivity index (χ1n) is 6.52. The number of hydrogen-bond donors (Lipinski definition) is 1. The molecule has 0 aromatic heterocycles. The normalized spacial score (nSPS) is 18.4. The zero-order chi connectivity index (χ0) is 15.4. The Morgan fingerprint density at radius 2 is 2.29 bits per heavy atom. The van der Waals surface area contributed by atoms with Crippen molar-refractivity contribution in [1.29, 1.82) is 0 Å². The molecular formula is C14H16INO5. The van der Waals surface area contributed by atoms with Crippen molar-refractivity contribution in [1.82, 2.24) is 4.90 Å². The lowest BCUT2D eigenvalue weighted by molar-refractivity contribution is -0.140. The number of carboxylic acid groups (broad SMARTS) is 1. The molecule has 2 rings (SSSR count). The van der Waals surface area contributed by atoms with Crippen molar-refractivity contribution in [3.63, 3.8) is 0 Å². The molecule has 0 saturated carbocycles. The van der Waals surface area contributed by atoms with E-state index in [4.69, 9.17) is 14.6 Å². The molecule has 0 radical (unpaired) electrons. The lowest BCUT2D eigenvalue weighted by atomic mass is 10.2. The third kappa shape index (κ3) is 4.31. The van der Waals surface area contributed by atoms with Crippen molar-refractivity contribution in [2.24, 2.45) is 0 Å². The van der Waals surface area contributed by atoms with Gasteiger partial charge in [0.05, 0.1) is 21.8 Å². The van der Waals surface area contributed by atoms with Gasteiger partial charge in [0.25, 0.3) is 5.91 Å². The number of amides is 1. The molecule has 1 amide bonds. The van der Waals surface area contributed by atoms with Gasteiger partial charge in [-0.2, -0.15) is 0 Å². The van der Waals surface area contributed by atoms with Crippen LogP contribution in [0.4, 0.5) is 0 Å². The number of benzene rings is 1. The van der Waals surface area contributed by atoms with Crippen LogP contribution in [0.5, 0.6) is 5.75 Å². The van der Waals surface area contributed by atoms with Gasteiger partial charge in [-0.15, -0.1) is 0 Å². The number of rotatable bonds is 4. The number of morpholine rings is 1. The first-order chi connectivity index (χ1) is 9.97. The fourth-order valence-electron chi connectivity index (χ4n) is 2.02. The predicted octanol–water partition coefficient (Wildman–Crippen LogP) is 1.62. The van der Waals surface area contributed by atoms with E-state index in [-0.39, 0.29) is 24.2 Å². The van der Waals surface area contributed by atoms with Gasteiger partial charge < -0.3 is 19.5 Å². The Morgan fingerprint density at radius 3 is 2.95 bits per heavy atom. The van der Waals surface area contributed by atoms with E-state index in [1.54, 1.807) is 11.0 Å². The predicted molar refractivity (Wildman–Crippen MR) is 83.6 cm³/mol. The van der Waals surface area contributed by atoms with E-state index in [9.17, 15) is 9.59 Å². The molecule has 0 bridgehead atoms. The van der Waals surface area contributed by atoms with E-state index in [2.05, 4.69) is 0 Å². The molecule has 7 heteroatoms. The summed E-state index contributed by atoms with van der Waals surface area (Å²) in [4.78, 5) is 24.7. The van der Waals surface area contributed by atoms with Crippen LogP contribution in [-0.2, 0) is 9.53 Å². The third-order valence-electron chi connectivity index (χ3n) is 3.12. The zero-order valence-corrected chi connectivity index (χ0v) is 13.7. The largest absolute Gasteiger partial charge is 0.483 e. The minimum atomic E-state index is -1.02. The quantitative estimate of drug-likeness (QED) is 0.771. The molecule has 1 aromatic rings. The number of halogens is 1. The fraction of sp³-hybridized carbons (Fsp3) is 0.429. The summed E-state index contributed by atoms with van der Waals surface area (Å²) in [5.74, 6) is -0.739. The van der Waals surface area contributed by atoms with Gasteiger partial charge in [-0.05, 0) is 47.7 Å². The number of carbonyl (C=O) groups excluding carboxylic acids is 1. The van der Waals surface area contributed by atoms with Crippen LogP contribution in [0.15, 0.2) is 18.2 Å². The number of carbonyl (C=O) groups is 2. The highest BCUT2D eigenvalue weighted by Crippen LogP contribution is 2.22. The summed E-state index contributed by atoms with van der Waals surface area (Å²) in [5.41, 5.74) is 0.137. The summed E-state index contributed by atoms with van der Waals surface area (Å²) in [7, 11) is 0. The molecule has 0 aliphatic carbocycles. The molecule has 21 heavy (non-hydrogen) atoms. The van der Waals surface area contributed by atoms with Crippen LogP contribution >= 0.6 is 22.6 Å². The summed E-state index contributed by atoms with van der Waals surface area (Å²) in [5, 5.41) is 8.96. The van der Waals surface area contributed by atoms with Gasteiger partial charge in [0.1, 0.15) is 5.75 Å². The standard InChI is InChI=1S/C14H16INO5/c1-9-7-16(4-5-20-9)13(17)8-21-12-6-10(14(18)19)2-3-11(12)15/h2-3,6,9H,4-5,7-8H2,1H3,(H,18,19). The van der Waals surface area contributed by atoms with Crippen molar-refractivity contribution in [3.8, 4) is 5.75 Å². The zero-order valence-electron chi connectivity index (χ0n) is 11.5. The molecule has 1 atom stereocenters. The Kier molecular flexibility index (Phi) is 5.40. The molecule has 1 unspecified atom stereocenters. The van der Waals surface area contributed by atoms with Crippen LogP contribution in [0.25, 0.3) is 0 Å². The highest BCUT2D eigenvalue weighted by molar-refractivity contribution is 14.1. The van der Waals surface area contributed by atoms with Gasteiger partial charge in [0, 0.05) is 13.1 Å². The average Bonchev–Trinajstić information content (AvgIpc) is 2.45. The smallest absolute Gasteiger partial charge is 0.335 e. The van der Waals surface area contributed by atoms with E-state index < -0.39 is 5.97 Å². The van der Waals surface area contributed by atoms with Crippen LogP contribution in [-0.4, -0.2) is 54.3 Å². The molecular weight excluding hydrogens is 389 g/mol. The number of carboxylic acids is 1. The van der Waals surface area contributed by atoms with Crippen molar-refractivity contribution < 1.29 is 24.2 Å². The number of ether oxygens (including phenoxy) is 2. The van der Waals surface area contributed by atoms with Gasteiger partial charge in [0.2, 0.25) is 0 Å². The second kappa shape index (κ2) is 7.08. The molecule has 6 nitrogen and oxygen atoms in total. The van der Waals surface area contributed by atoms with Gasteiger partial charge in [-0.25, -0.2) is 4.79 Å². The van der Waals surface area contributed by atoms with Gasteiger partial charge in [0.15, 0.2) is 6.61 Å². The van der Waals surface area contributed by atoms with Crippen molar-refractivity contribution in [2.45, 2.75) is 13.0 Å². The molecule has 0 spiro atoms. The number of hydrogen-bond acceptors (Lipinski definition) is 4. The van der Waals surface area contributed by atoms with Crippen molar-refractivity contribution in [3.05, 3.63) is 27.3 Å². The van der Waals surface area contributed by atoms with E-state index >= 15 is 0 Å². The van der Waals surface area contributed by atoms with Gasteiger partial charge in [-0.1, -0.05) is 0 Å². The van der Waals surface area contributed by atoms with Gasteiger partial charge >= 0.3 is 5.97 Å². The summed E-state index contributed by atoms with van der Waals surface area (Å²) in [6.45, 7) is 3.44. The molecule has 1 aromatic carbocycles. The number of aromatic carboxylic acids is 1. The monoisotopic (exact) mass is 405 g/mol. The van der Waals surface area contributed by atoms with Crippen LogP contribution in [0.3, 0.4) is 0 Å². The average molecular weight is 405 g/mol. The Bertz CT molecular complexity index is 548. The molecule has 1 aliphatic rings. The van der Waals surface area contributed by atoms with Crippen LogP contribution in [0, 0.1) is 3.57 Å². The summed E-state index contributed by atoms with van der Waals surface area (Å²) in [6.07, 6.45) is 0.0261. The Morgan fingerprint density at radius 1 is 1.52 bits per heavy atom. The van der Waals surface area contributed by atoms with Crippen LogP contribution in [0.1, 0.15) is 17.3 Å². The topological polar surface area (TPSA) is 76.1 Å². The van der Waals surface area contributed by atoms with Gasteiger partial charge in [-0.3, -0.25) is 4.79 Å². The molecule has 114 valence electrons. The van der Waals surface area contributed by atoms with Crippen LogP contribution in [0.2, 0.25) is 0 Å². The molecule has 1 heterocycles. The molecule has 1 aliphatic heterocycles. The maximum absolute atomic E-state index is 12.1. The minimum absolute atomic E-state index is 0.0261. The first kappa shape index (κ1) is 16.0. The third-order valence-corrected chi connectivity index (χ3v) is 4.01. The van der Waals surface area contributed by atoms with Crippen molar-refractivity contribution in [2.75, 3.05) is 26.3 Å². The van der Waals surface area contributed by atoms with E-state index in [0.29, 0.717) is 25.4 Å². The number of nitrogens with zero attached hydrogens (tertiary/aromatic N) is 1. The highest BCUT2D eigenvalue weighted by atomic mass is 127. The first-order valence-corrected chi connectivity index (χ1v) is 7.60. The molecule has 1 fully saturated rings. The molecule has 1 saturated heterocycles. The second-order valence-corrected chi connectivity index (χ2v) is 5.92. The summed E-state index contributed by atoms with van der Waals surface area (Å²) in [6, 6.07) is 4.59.